The Hall–Kier alpha value is -2.90. The molecule has 25 heavy (non-hydrogen) atoms. The third-order valence-electron chi connectivity index (χ3n) is 4.16. The molecule has 0 spiro atoms. The van der Waals surface area contributed by atoms with Crippen molar-refractivity contribution in [3.05, 3.63) is 65.7 Å². The predicted molar refractivity (Wildman–Crippen MR) is 99.3 cm³/mol. The van der Waals surface area contributed by atoms with Gasteiger partial charge in [0.1, 0.15) is 0 Å². The molecule has 0 fully saturated rings. The lowest BCUT2D eigenvalue weighted by Gasteiger charge is -2.16. The minimum absolute atomic E-state index is 0.274. The fraction of sp³-hybridized carbons (Fsp3) is 0.238. The molecule has 3 rings (SSSR count). The van der Waals surface area contributed by atoms with Gasteiger partial charge in [0, 0.05) is 5.56 Å². The molecule has 0 radical (unpaired) electrons. The molecule has 4 heteroatoms. The Balaban J connectivity index is 1.85. The van der Waals surface area contributed by atoms with Gasteiger partial charge in [-0.25, -0.2) is 0 Å². The van der Waals surface area contributed by atoms with E-state index in [0.29, 0.717) is 5.69 Å². The van der Waals surface area contributed by atoms with Gasteiger partial charge in [0.2, 0.25) is 5.60 Å². The average molecular weight is 332 g/mol. The van der Waals surface area contributed by atoms with E-state index in [4.69, 9.17) is 0 Å². The van der Waals surface area contributed by atoms with Crippen molar-refractivity contribution in [3.63, 3.8) is 0 Å². The van der Waals surface area contributed by atoms with E-state index in [1.165, 1.54) is 10.6 Å². The summed E-state index contributed by atoms with van der Waals surface area (Å²) in [6.45, 7) is 3.75. The number of rotatable bonds is 3. The van der Waals surface area contributed by atoms with Gasteiger partial charge in [-0.1, -0.05) is 49.6 Å². The van der Waals surface area contributed by atoms with Crippen LogP contribution in [0.5, 0.6) is 0 Å². The normalized spacial score (nSPS) is 19.4. The second-order valence-electron chi connectivity index (χ2n) is 6.05. The molecule has 0 aliphatic carbocycles. The van der Waals surface area contributed by atoms with Crippen LogP contribution in [0, 0.1) is 11.8 Å². The van der Waals surface area contributed by atoms with Gasteiger partial charge in [-0.3, -0.25) is 4.79 Å². The van der Waals surface area contributed by atoms with Gasteiger partial charge < -0.3 is 5.11 Å². The number of para-hydroxylation sites is 1. The van der Waals surface area contributed by atoms with E-state index < -0.39 is 11.5 Å². The summed E-state index contributed by atoms with van der Waals surface area (Å²) in [5.41, 5.74) is 0.992. The van der Waals surface area contributed by atoms with Crippen molar-refractivity contribution in [2.75, 3.05) is 5.01 Å². The number of hydrogen-bond donors (Lipinski definition) is 1. The molecule has 1 aliphatic heterocycles. The Morgan fingerprint density at radius 3 is 2.44 bits per heavy atom. The SMILES string of the molecule is CCCc1ccc(C#CC2(O)C(=O)N(c3ccccc3)N=C2C)cc1. The van der Waals surface area contributed by atoms with E-state index in [0.717, 1.165) is 18.4 Å². The number of aryl methyl sites for hydroxylation is 1. The van der Waals surface area contributed by atoms with Crippen molar-refractivity contribution in [1.29, 1.82) is 0 Å². The molecule has 1 heterocycles. The van der Waals surface area contributed by atoms with Gasteiger partial charge in [0.05, 0.1) is 11.4 Å². The van der Waals surface area contributed by atoms with Crippen molar-refractivity contribution in [1.82, 2.24) is 0 Å². The Kier molecular flexibility index (Phi) is 4.69. The number of benzene rings is 2. The summed E-state index contributed by atoms with van der Waals surface area (Å²) in [5.74, 6) is 5.06. The fourth-order valence-electron chi connectivity index (χ4n) is 2.67. The molecule has 2 aromatic rings. The summed E-state index contributed by atoms with van der Waals surface area (Å²) in [7, 11) is 0. The highest BCUT2D eigenvalue weighted by atomic mass is 16.3. The van der Waals surface area contributed by atoms with Gasteiger partial charge in [0.15, 0.2) is 0 Å². The topological polar surface area (TPSA) is 52.9 Å². The van der Waals surface area contributed by atoms with Gasteiger partial charge in [0.25, 0.3) is 5.91 Å². The highest BCUT2D eigenvalue weighted by Gasteiger charge is 2.47. The first-order chi connectivity index (χ1) is 12.0. The molecular formula is C21H20N2O2. The molecule has 1 aliphatic rings. The number of aliphatic hydroxyl groups is 1. The van der Waals surface area contributed by atoms with Crippen molar-refractivity contribution < 1.29 is 9.90 Å². The lowest BCUT2D eigenvalue weighted by atomic mass is 9.98. The van der Waals surface area contributed by atoms with Crippen LogP contribution in [-0.2, 0) is 11.2 Å². The quantitative estimate of drug-likeness (QED) is 0.878. The molecule has 126 valence electrons. The predicted octanol–water partition coefficient (Wildman–Crippen LogP) is 3.14. The number of carbonyl (C=O) groups is 1. The fourth-order valence-corrected chi connectivity index (χ4v) is 2.67. The smallest absolute Gasteiger partial charge is 0.298 e. The van der Waals surface area contributed by atoms with Crippen LogP contribution in [0.1, 0.15) is 31.4 Å². The number of anilines is 1. The van der Waals surface area contributed by atoms with Crippen LogP contribution in [0.4, 0.5) is 5.69 Å². The molecule has 0 saturated carbocycles. The van der Waals surface area contributed by atoms with Crippen LogP contribution >= 0.6 is 0 Å². The third kappa shape index (κ3) is 3.33. The summed E-state index contributed by atoms with van der Waals surface area (Å²) in [6, 6.07) is 16.9. The molecule has 1 amide bonds. The van der Waals surface area contributed by atoms with Gasteiger partial charge >= 0.3 is 0 Å². The second kappa shape index (κ2) is 6.92. The van der Waals surface area contributed by atoms with Crippen molar-refractivity contribution in [3.8, 4) is 11.8 Å². The molecule has 2 aromatic carbocycles. The second-order valence-corrected chi connectivity index (χ2v) is 6.05. The van der Waals surface area contributed by atoms with E-state index >= 15 is 0 Å². The van der Waals surface area contributed by atoms with Crippen LogP contribution in [0.15, 0.2) is 59.7 Å². The molecule has 1 unspecified atom stereocenters. The summed E-state index contributed by atoms with van der Waals surface area (Å²) >= 11 is 0. The van der Waals surface area contributed by atoms with E-state index in [1.54, 1.807) is 19.1 Å². The monoisotopic (exact) mass is 332 g/mol. The standard InChI is InChI=1S/C21H20N2O2/c1-3-7-17-10-12-18(13-11-17)14-15-21(25)16(2)22-23(20(21)24)19-8-5-4-6-9-19/h4-6,8-13,25H,3,7H2,1-2H3. The number of hydrogen-bond acceptors (Lipinski definition) is 3. The minimum atomic E-state index is -1.89. The van der Waals surface area contributed by atoms with Crippen molar-refractivity contribution >= 4 is 17.3 Å². The molecule has 0 bridgehead atoms. The van der Waals surface area contributed by atoms with Crippen LogP contribution < -0.4 is 5.01 Å². The number of nitrogens with zero attached hydrogens (tertiary/aromatic N) is 2. The van der Waals surface area contributed by atoms with Crippen LogP contribution in [0.3, 0.4) is 0 Å². The zero-order valence-electron chi connectivity index (χ0n) is 14.4. The van der Waals surface area contributed by atoms with Gasteiger partial charge in [-0.2, -0.15) is 10.1 Å². The van der Waals surface area contributed by atoms with E-state index in [-0.39, 0.29) is 5.71 Å². The summed E-state index contributed by atoms with van der Waals surface area (Å²) < 4.78 is 0. The lowest BCUT2D eigenvalue weighted by molar-refractivity contribution is -0.126. The number of carbonyl (C=O) groups excluding carboxylic acids is 1. The van der Waals surface area contributed by atoms with Crippen LogP contribution in [0.25, 0.3) is 0 Å². The van der Waals surface area contributed by atoms with Crippen LogP contribution in [0.2, 0.25) is 0 Å². The first-order valence-electron chi connectivity index (χ1n) is 8.34. The first kappa shape index (κ1) is 16.9. The third-order valence-corrected chi connectivity index (χ3v) is 4.16. The first-order valence-corrected chi connectivity index (χ1v) is 8.34. The number of amides is 1. The molecular weight excluding hydrogens is 312 g/mol. The van der Waals surface area contributed by atoms with Crippen LogP contribution in [-0.4, -0.2) is 22.3 Å². The largest absolute Gasteiger partial charge is 0.365 e. The van der Waals surface area contributed by atoms with E-state index in [9.17, 15) is 9.90 Å². The Bertz CT molecular complexity index is 860. The summed E-state index contributed by atoms with van der Waals surface area (Å²) in [4.78, 5) is 12.7. The van der Waals surface area contributed by atoms with E-state index in [2.05, 4.69) is 23.9 Å². The molecule has 4 nitrogen and oxygen atoms in total. The lowest BCUT2D eigenvalue weighted by Crippen LogP contribution is -2.44. The van der Waals surface area contributed by atoms with Crippen molar-refractivity contribution in [2.24, 2.45) is 5.10 Å². The Morgan fingerprint density at radius 1 is 1.12 bits per heavy atom. The number of hydrazone groups is 1. The van der Waals surface area contributed by atoms with E-state index in [1.807, 2.05) is 42.5 Å². The molecule has 0 aromatic heterocycles. The van der Waals surface area contributed by atoms with Crippen molar-refractivity contribution in [2.45, 2.75) is 32.3 Å². The zero-order valence-corrected chi connectivity index (χ0v) is 14.4. The summed E-state index contributed by atoms with van der Waals surface area (Å²) in [5, 5.41) is 16.2. The zero-order chi connectivity index (χ0) is 17.9. The van der Waals surface area contributed by atoms with Gasteiger partial charge in [-0.15, -0.1) is 0 Å². The average Bonchev–Trinajstić information content (AvgIpc) is 2.87. The highest BCUT2D eigenvalue weighted by molar-refractivity contribution is 6.23. The Morgan fingerprint density at radius 2 is 1.80 bits per heavy atom. The molecule has 1 atom stereocenters. The summed E-state index contributed by atoms with van der Waals surface area (Å²) in [6.07, 6.45) is 2.11. The maximum Gasteiger partial charge on any atom is 0.298 e. The van der Waals surface area contributed by atoms with Gasteiger partial charge in [-0.05, 0) is 49.1 Å². The maximum atomic E-state index is 12.7. The maximum absolute atomic E-state index is 12.7. The Labute approximate surface area is 147 Å². The minimum Gasteiger partial charge on any atom is -0.365 e. The molecule has 1 N–H and O–H groups in total. The molecule has 0 saturated heterocycles. The highest BCUT2D eigenvalue weighted by Crippen LogP contribution is 2.26.